The van der Waals surface area contributed by atoms with Crippen LogP contribution in [0.4, 0.5) is 0 Å². The van der Waals surface area contributed by atoms with Crippen LogP contribution in [0, 0.1) is 12.8 Å². The fourth-order valence-corrected chi connectivity index (χ4v) is 1.43. The zero-order chi connectivity index (χ0) is 10.1. The van der Waals surface area contributed by atoms with Gasteiger partial charge in [0.1, 0.15) is 0 Å². The maximum Gasteiger partial charge on any atom is 0.0373 e. The van der Waals surface area contributed by atoms with E-state index in [0.29, 0.717) is 5.92 Å². The molecule has 13 heavy (non-hydrogen) atoms. The molecule has 0 aliphatic heterocycles. The largest absolute Gasteiger partial charge is 0.168 e. The molecule has 0 aliphatic rings. The van der Waals surface area contributed by atoms with Crippen molar-refractivity contribution in [2.45, 2.75) is 32.4 Å². The van der Waals surface area contributed by atoms with E-state index in [1.807, 2.05) is 0 Å². The predicted molar refractivity (Wildman–Crippen MR) is 62.4 cm³/mol. The van der Waals surface area contributed by atoms with E-state index in [1.165, 1.54) is 11.1 Å². The lowest BCUT2D eigenvalue weighted by Crippen LogP contribution is -2.21. The summed E-state index contributed by atoms with van der Waals surface area (Å²) in [6.07, 6.45) is 0. The molecule has 1 unspecified atom stereocenters. The second kappa shape index (κ2) is 3.75. The maximum atomic E-state index is 4.72. The number of aryl methyl sites for hydroxylation is 1. The quantitative estimate of drug-likeness (QED) is 0.680. The third-order valence-corrected chi connectivity index (χ3v) is 3.50. The first-order valence-electron chi connectivity index (χ1n) is 4.74. The van der Waals surface area contributed by atoms with Crippen LogP contribution in [0.3, 0.4) is 0 Å². The van der Waals surface area contributed by atoms with E-state index < -0.39 is 0 Å². The van der Waals surface area contributed by atoms with Gasteiger partial charge in [0, 0.05) is 4.75 Å². The number of benzene rings is 1. The third kappa shape index (κ3) is 2.28. The molecule has 1 heteroatoms. The van der Waals surface area contributed by atoms with Crippen molar-refractivity contribution < 1.29 is 0 Å². The average molecular weight is 194 g/mol. The highest BCUT2D eigenvalue weighted by Gasteiger charge is 2.25. The van der Waals surface area contributed by atoms with Gasteiger partial charge >= 0.3 is 0 Å². The second-order valence-corrected chi connectivity index (χ2v) is 5.10. The topological polar surface area (TPSA) is 0 Å². The van der Waals surface area contributed by atoms with Gasteiger partial charge in [0.2, 0.25) is 0 Å². The Morgan fingerprint density at radius 3 is 2.38 bits per heavy atom. The highest BCUT2D eigenvalue weighted by atomic mass is 32.1. The summed E-state index contributed by atoms with van der Waals surface area (Å²) in [5, 5.41) is 0. The van der Waals surface area contributed by atoms with Crippen molar-refractivity contribution in [2.75, 3.05) is 0 Å². The lowest BCUT2D eigenvalue weighted by Gasteiger charge is -2.29. The molecule has 1 atom stereocenters. The normalized spacial score (nSPS) is 15.8. The van der Waals surface area contributed by atoms with Crippen LogP contribution in [-0.2, 0) is 4.75 Å². The maximum absolute atomic E-state index is 4.72. The molecule has 1 aromatic carbocycles. The summed E-state index contributed by atoms with van der Waals surface area (Å²) in [5.74, 6) is 0.539. The summed E-state index contributed by atoms with van der Waals surface area (Å²) < 4.78 is -0.0218. The second-order valence-electron chi connectivity index (χ2n) is 4.17. The fourth-order valence-electron chi connectivity index (χ4n) is 1.29. The van der Waals surface area contributed by atoms with Gasteiger partial charge in [-0.1, -0.05) is 43.7 Å². The van der Waals surface area contributed by atoms with Gasteiger partial charge in [0.15, 0.2) is 0 Å². The summed E-state index contributed by atoms with van der Waals surface area (Å²) in [5.41, 5.74) is 2.62. The van der Waals surface area contributed by atoms with Gasteiger partial charge in [0.05, 0.1) is 0 Å². The van der Waals surface area contributed by atoms with E-state index in [1.54, 1.807) is 0 Å². The van der Waals surface area contributed by atoms with E-state index >= 15 is 0 Å². The van der Waals surface area contributed by atoms with Gasteiger partial charge in [0.25, 0.3) is 0 Å². The van der Waals surface area contributed by atoms with Crippen molar-refractivity contribution in [3.05, 3.63) is 35.4 Å². The Morgan fingerprint density at radius 2 is 1.92 bits per heavy atom. The molecule has 1 rings (SSSR count). The van der Waals surface area contributed by atoms with Gasteiger partial charge in [-0.15, -0.1) is 0 Å². The van der Waals surface area contributed by atoms with Gasteiger partial charge < -0.3 is 0 Å². The first kappa shape index (κ1) is 10.6. The van der Waals surface area contributed by atoms with Crippen LogP contribution in [0.25, 0.3) is 0 Å². The molecule has 1 aromatic rings. The van der Waals surface area contributed by atoms with Crippen molar-refractivity contribution in [2.24, 2.45) is 5.92 Å². The van der Waals surface area contributed by atoms with Crippen LogP contribution >= 0.6 is 12.6 Å². The van der Waals surface area contributed by atoms with Gasteiger partial charge in [-0.05, 0) is 25.3 Å². The SMILES string of the molecule is Cc1cccc(C(C)(S)C(C)C)c1. The molecule has 0 aliphatic carbocycles. The molecule has 0 amide bonds. The average Bonchev–Trinajstić information content (AvgIpc) is 2.04. The molecular weight excluding hydrogens is 176 g/mol. The standard InChI is InChI=1S/C12H18S/c1-9(2)12(4,13)11-7-5-6-10(3)8-11/h5-9,13H,1-4H3. The molecule has 0 saturated carbocycles. The molecule has 0 radical (unpaired) electrons. The Labute approximate surface area is 86.8 Å². The van der Waals surface area contributed by atoms with Gasteiger partial charge in [-0.25, -0.2) is 0 Å². The summed E-state index contributed by atoms with van der Waals surface area (Å²) in [6, 6.07) is 8.59. The lowest BCUT2D eigenvalue weighted by molar-refractivity contribution is 0.489. The first-order valence-corrected chi connectivity index (χ1v) is 5.19. The number of hydrogen-bond donors (Lipinski definition) is 1. The first-order chi connectivity index (χ1) is 5.94. The van der Waals surface area contributed by atoms with Crippen LogP contribution in [0.2, 0.25) is 0 Å². The molecule has 0 N–H and O–H groups in total. The highest BCUT2D eigenvalue weighted by molar-refractivity contribution is 7.81. The van der Waals surface area contributed by atoms with Crippen molar-refractivity contribution >= 4 is 12.6 Å². The molecule has 0 bridgehead atoms. The van der Waals surface area contributed by atoms with Crippen molar-refractivity contribution in [1.29, 1.82) is 0 Å². The molecule has 0 nitrogen and oxygen atoms in total. The zero-order valence-electron chi connectivity index (χ0n) is 8.83. The molecule has 72 valence electrons. The summed E-state index contributed by atoms with van der Waals surface area (Å²) in [4.78, 5) is 0. The van der Waals surface area contributed by atoms with E-state index in [4.69, 9.17) is 12.6 Å². The number of hydrogen-bond acceptors (Lipinski definition) is 1. The molecule has 0 fully saturated rings. The minimum atomic E-state index is -0.0218. The fraction of sp³-hybridized carbons (Fsp3) is 0.500. The van der Waals surface area contributed by atoms with Gasteiger partial charge in [-0.2, -0.15) is 12.6 Å². The molecule has 0 heterocycles. The number of rotatable bonds is 2. The molecular formula is C12H18S. The van der Waals surface area contributed by atoms with E-state index in [-0.39, 0.29) is 4.75 Å². The van der Waals surface area contributed by atoms with E-state index in [0.717, 1.165) is 0 Å². The smallest absolute Gasteiger partial charge is 0.0373 e. The number of thiol groups is 1. The van der Waals surface area contributed by atoms with E-state index in [2.05, 4.69) is 52.0 Å². The van der Waals surface area contributed by atoms with Crippen LogP contribution in [0.5, 0.6) is 0 Å². The Balaban J connectivity index is 3.07. The summed E-state index contributed by atoms with van der Waals surface area (Å²) >= 11 is 4.72. The zero-order valence-corrected chi connectivity index (χ0v) is 9.73. The van der Waals surface area contributed by atoms with Crippen molar-refractivity contribution in [3.63, 3.8) is 0 Å². The summed E-state index contributed by atoms with van der Waals surface area (Å²) in [7, 11) is 0. The van der Waals surface area contributed by atoms with E-state index in [9.17, 15) is 0 Å². The molecule has 0 spiro atoms. The minimum Gasteiger partial charge on any atom is -0.168 e. The monoisotopic (exact) mass is 194 g/mol. The Kier molecular flexibility index (Phi) is 3.07. The molecule has 0 saturated heterocycles. The summed E-state index contributed by atoms with van der Waals surface area (Å²) in [6.45, 7) is 8.70. The van der Waals surface area contributed by atoms with Crippen LogP contribution in [-0.4, -0.2) is 0 Å². The Hall–Kier alpha value is -0.430. The van der Waals surface area contributed by atoms with Crippen LogP contribution < -0.4 is 0 Å². The van der Waals surface area contributed by atoms with Crippen molar-refractivity contribution in [3.8, 4) is 0 Å². The van der Waals surface area contributed by atoms with Gasteiger partial charge in [-0.3, -0.25) is 0 Å². The third-order valence-electron chi connectivity index (χ3n) is 2.73. The minimum absolute atomic E-state index is 0.0218. The molecule has 0 aromatic heterocycles. The highest BCUT2D eigenvalue weighted by Crippen LogP contribution is 2.35. The Bertz CT molecular complexity index is 287. The van der Waals surface area contributed by atoms with Crippen LogP contribution in [0.15, 0.2) is 24.3 Å². The lowest BCUT2D eigenvalue weighted by atomic mass is 9.88. The Morgan fingerprint density at radius 1 is 1.31 bits per heavy atom. The van der Waals surface area contributed by atoms with Crippen LogP contribution in [0.1, 0.15) is 31.9 Å². The van der Waals surface area contributed by atoms with Crippen molar-refractivity contribution in [1.82, 2.24) is 0 Å². The predicted octanol–water partition coefficient (Wildman–Crippen LogP) is 3.80.